The van der Waals surface area contributed by atoms with E-state index in [1.807, 2.05) is 149 Å². The van der Waals surface area contributed by atoms with E-state index < -0.39 is 36.0 Å². The Balaban J connectivity index is 1.46. The van der Waals surface area contributed by atoms with Crippen LogP contribution in [0.3, 0.4) is 0 Å². The lowest BCUT2D eigenvalue weighted by molar-refractivity contribution is 0.103. The zero-order chi connectivity index (χ0) is 43.2. The van der Waals surface area contributed by atoms with Gasteiger partial charge < -0.3 is 19.3 Å². The molecule has 6 aromatic carbocycles. The highest BCUT2D eigenvalue weighted by Crippen LogP contribution is 2.53. The maximum atomic E-state index is 9.29. The Bertz CT molecular complexity index is 2440. The molecule has 4 heteroatoms. The van der Waals surface area contributed by atoms with Gasteiger partial charge in [0.25, 0.3) is 0 Å². The van der Waals surface area contributed by atoms with E-state index in [2.05, 4.69) is 37.5 Å². The second-order valence-electron chi connectivity index (χ2n) is 16.4. The van der Waals surface area contributed by atoms with Crippen LogP contribution >= 0.6 is 0 Å². The number of ether oxygens (including phenoxy) is 2. The number of para-hydroxylation sites is 4. The van der Waals surface area contributed by atoms with Crippen LogP contribution in [0.1, 0.15) is 97.0 Å². The summed E-state index contributed by atoms with van der Waals surface area (Å²) in [6.07, 6.45) is 0. The Kier molecular flexibility index (Phi) is 6.73. The second kappa shape index (κ2) is 12.6. The van der Waals surface area contributed by atoms with Crippen molar-refractivity contribution < 1.29 is 17.7 Å². The molecule has 0 unspecified atom stereocenters. The molecule has 0 aliphatic carbocycles. The highest BCUT2D eigenvalue weighted by molar-refractivity contribution is 5.85. The molecule has 0 fully saturated rings. The lowest BCUT2D eigenvalue weighted by atomic mass is 9.83. The third-order valence-corrected chi connectivity index (χ3v) is 11.4. The normalized spacial score (nSPS) is 19.6. The van der Waals surface area contributed by atoms with E-state index in [9.17, 15) is 8.22 Å². The van der Waals surface area contributed by atoms with E-state index in [0.29, 0.717) is 34.0 Å². The summed E-state index contributed by atoms with van der Waals surface area (Å²) >= 11 is 0. The summed E-state index contributed by atoms with van der Waals surface area (Å²) in [5.41, 5.74) is 3.45. The number of rotatable bonds is 3. The molecule has 0 N–H and O–H groups in total. The van der Waals surface area contributed by atoms with Gasteiger partial charge in [0.1, 0.15) is 22.7 Å². The summed E-state index contributed by atoms with van der Waals surface area (Å²) < 4.78 is 69.3. The standard InChI is InChI=1S/C50H52N2O2/c1-33-35(21-19-29-41(33)51-43-27-15-11-23-37(43)49(7,8)53-45-31-17-13-25-39(45)47(51,3)4)36-22-20-30-42(34(36)2)52-44-28-16-12-24-38(44)50(9,10)54-46-32-18-14-26-40(46)48(52,5)6/h11-32H,1-10H3/i1D3,2D3. The molecular weight excluding hydrogens is 661 g/mol. The van der Waals surface area contributed by atoms with Crippen LogP contribution in [-0.2, 0) is 22.3 Å². The molecular formula is C50H52N2O2. The number of hydrogen-bond donors (Lipinski definition) is 0. The van der Waals surface area contributed by atoms with Crippen molar-refractivity contribution in [1.29, 1.82) is 0 Å². The van der Waals surface area contributed by atoms with Gasteiger partial charge in [0, 0.05) is 53.2 Å². The number of fused-ring (bicyclic) bond motifs is 4. The van der Waals surface area contributed by atoms with Gasteiger partial charge in [-0.25, -0.2) is 0 Å². The fraction of sp³-hybridized carbons (Fsp3) is 0.280. The molecule has 274 valence electrons. The van der Waals surface area contributed by atoms with E-state index in [4.69, 9.17) is 9.47 Å². The average molecular weight is 719 g/mol. The van der Waals surface area contributed by atoms with Crippen LogP contribution in [0.15, 0.2) is 133 Å². The Hall–Kier alpha value is -5.48. The molecule has 0 saturated heterocycles. The van der Waals surface area contributed by atoms with Gasteiger partial charge in [-0.15, -0.1) is 0 Å². The van der Waals surface area contributed by atoms with E-state index in [1.54, 1.807) is 12.1 Å². The fourth-order valence-corrected chi connectivity index (χ4v) is 8.74. The first-order chi connectivity index (χ1) is 28.1. The average Bonchev–Trinajstić information content (AvgIpc) is 3.16. The minimum absolute atomic E-state index is 0.0551. The summed E-state index contributed by atoms with van der Waals surface area (Å²) in [7, 11) is 0. The first-order valence-corrected chi connectivity index (χ1v) is 18.7. The summed E-state index contributed by atoms with van der Waals surface area (Å²) in [6.45, 7) is 11.0. The van der Waals surface area contributed by atoms with E-state index in [1.165, 1.54) is 0 Å². The third kappa shape index (κ3) is 5.49. The van der Waals surface area contributed by atoms with Crippen molar-refractivity contribution in [2.45, 2.75) is 91.4 Å². The molecule has 6 aromatic rings. The number of anilines is 4. The molecule has 2 heterocycles. The third-order valence-electron chi connectivity index (χ3n) is 11.4. The molecule has 2 aliphatic rings. The van der Waals surface area contributed by atoms with Gasteiger partial charge in [-0.3, -0.25) is 0 Å². The largest absolute Gasteiger partial charge is 0.483 e. The lowest BCUT2D eigenvalue weighted by Gasteiger charge is -2.47. The quantitative estimate of drug-likeness (QED) is 0.182. The predicted molar refractivity (Wildman–Crippen MR) is 225 cm³/mol. The van der Waals surface area contributed by atoms with Gasteiger partial charge in [0.15, 0.2) is 0 Å². The Morgan fingerprint density at radius 1 is 0.389 bits per heavy atom. The lowest BCUT2D eigenvalue weighted by Crippen LogP contribution is -2.43. The number of hydrogen-bond acceptors (Lipinski definition) is 4. The van der Waals surface area contributed by atoms with Crippen molar-refractivity contribution in [1.82, 2.24) is 0 Å². The number of nitrogens with zero attached hydrogens (tertiary/aromatic N) is 2. The van der Waals surface area contributed by atoms with Crippen molar-refractivity contribution in [3.63, 3.8) is 0 Å². The van der Waals surface area contributed by atoms with Crippen molar-refractivity contribution in [3.8, 4) is 22.6 Å². The molecule has 0 spiro atoms. The van der Waals surface area contributed by atoms with Crippen LogP contribution in [0.4, 0.5) is 22.7 Å². The topological polar surface area (TPSA) is 24.9 Å². The molecule has 0 saturated carbocycles. The Morgan fingerprint density at radius 3 is 1.11 bits per heavy atom. The molecule has 0 bridgehead atoms. The van der Waals surface area contributed by atoms with Crippen molar-refractivity contribution >= 4 is 22.7 Å². The van der Waals surface area contributed by atoms with Gasteiger partial charge in [-0.1, -0.05) is 97.1 Å². The fourth-order valence-electron chi connectivity index (χ4n) is 8.74. The van der Waals surface area contributed by atoms with Crippen LogP contribution < -0.4 is 19.3 Å². The molecule has 0 amide bonds. The summed E-state index contributed by atoms with van der Waals surface area (Å²) in [5, 5.41) is 0. The van der Waals surface area contributed by atoms with E-state index in [-0.39, 0.29) is 11.1 Å². The van der Waals surface area contributed by atoms with Gasteiger partial charge in [0.05, 0.1) is 11.1 Å². The molecule has 0 atom stereocenters. The van der Waals surface area contributed by atoms with Crippen molar-refractivity contribution in [2.75, 3.05) is 9.80 Å². The predicted octanol–water partition coefficient (Wildman–Crippen LogP) is 13.4. The highest BCUT2D eigenvalue weighted by atomic mass is 16.5. The van der Waals surface area contributed by atoms with Crippen LogP contribution in [-0.4, -0.2) is 0 Å². The highest BCUT2D eigenvalue weighted by Gasteiger charge is 2.43. The first-order valence-electron chi connectivity index (χ1n) is 21.7. The van der Waals surface area contributed by atoms with E-state index >= 15 is 0 Å². The minimum atomic E-state index is -2.68. The number of benzene rings is 6. The van der Waals surface area contributed by atoms with Crippen LogP contribution in [0.25, 0.3) is 11.1 Å². The monoisotopic (exact) mass is 718 g/mol. The van der Waals surface area contributed by atoms with Gasteiger partial charge in [-0.2, -0.15) is 0 Å². The maximum absolute atomic E-state index is 9.29. The Morgan fingerprint density at radius 2 is 0.722 bits per heavy atom. The van der Waals surface area contributed by atoms with Crippen LogP contribution in [0.5, 0.6) is 11.5 Å². The van der Waals surface area contributed by atoms with Crippen LogP contribution in [0, 0.1) is 13.7 Å². The molecule has 4 nitrogen and oxygen atoms in total. The molecule has 0 radical (unpaired) electrons. The summed E-state index contributed by atoms with van der Waals surface area (Å²) in [4.78, 5) is 4.21. The second-order valence-corrected chi connectivity index (χ2v) is 16.4. The summed E-state index contributed by atoms with van der Waals surface area (Å²) in [6, 6.07) is 42.5. The molecule has 54 heavy (non-hydrogen) atoms. The molecule has 8 rings (SSSR count). The van der Waals surface area contributed by atoms with Gasteiger partial charge in [-0.05, 0) is 128 Å². The summed E-state index contributed by atoms with van der Waals surface area (Å²) in [5.74, 6) is 1.39. The SMILES string of the molecule is [2H]C([2H])([2H])c1c(-c2cccc(N3c4ccccc4C(C)(C)Oc4ccccc4C3(C)C)c2C([2H])([2H])[2H])cccc1N1c2ccccc2C(C)(C)Oc2ccccc2C1(C)C. The van der Waals surface area contributed by atoms with Crippen molar-refractivity contribution in [3.05, 3.63) is 167 Å². The molecule has 2 aliphatic heterocycles. The Labute approximate surface area is 330 Å². The van der Waals surface area contributed by atoms with Crippen molar-refractivity contribution in [2.24, 2.45) is 0 Å². The van der Waals surface area contributed by atoms with Gasteiger partial charge in [0.2, 0.25) is 0 Å². The first kappa shape index (κ1) is 28.9. The van der Waals surface area contributed by atoms with Gasteiger partial charge >= 0.3 is 0 Å². The maximum Gasteiger partial charge on any atom is 0.130 e. The zero-order valence-electron chi connectivity index (χ0n) is 38.4. The van der Waals surface area contributed by atoms with Crippen LogP contribution in [0.2, 0.25) is 0 Å². The zero-order valence-corrected chi connectivity index (χ0v) is 32.4. The smallest absolute Gasteiger partial charge is 0.130 e. The minimum Gasteiger partial charge on any atom is -0.483 e. The molecule has 0 aromatic heterocycles. The van der Waals surface area contributed by atoms with E-state index in [0.717, 1.165) is 33.6 Å².